The molecule has 1 amide bonds. The Hall–Kier alpha value is -1.49. The van der Waals surface area contributed by atoms with Gasteiger partial charge < -0.3 is 10.0 Å². The number of carbonyl (C=O) groups is 2. The Morgan fingerprint density at radius 2 is 2.10 bits per heavy atom. The molecule has 2 aliphatic rings. The zero-order valence-electron chi connectivity index (χ0n) is 11.1. The lowest BCUT2D eigenvalue weighted by atomic mass is 10.0. The van der Waals surface area contributed by atoms with Crippen LogP contribution in [-0.2, 0) is 16.0 Å². The first-order valence-corrected chi connectivity index (χ1v) is 7.92. The van der Waals surface area contributed by atoms with Crippen LogP contribution in [0.25, 0.3) is 0 Å². The fraction of sp³-hybridized carbons (Fsp3) is 0.467. The van der Waals surface area contributed by atoms with Crippen molar-refractivity contribution in [1.29, 1.82) is 0 Å². The summed E-state index contributed by atoms with van der Waals surface area (Å²) in [6.07, 6.45) is 1.57. The van der Waals surface area contributed by atoms with Crippen LogP contribution >= 0.6 is 11.8 Å². The van der Waals surface area contributed by atoms with Crippen LogP contribution in [0.5, 0.6) is 0 Å². The van der Waals surface area contributed by atoms with E-state index in [9.17, 15) is 9.59 Å². The fourth-order valence-corrected chi connectivity index (χ4v) is 4.20. The Balaban J connectivity index is 1.78. The molecule has 0 unspecified atom stereocenters. The van der Waals surface area contributed by atoms with Crippen LogP contribution in [0.15, 0.2) is 24.3 Å². The van der Waals surface area contributed by atoms with E-state index in [1.165, 1.54) is 5.56 Å². The van der Waals surface area contributed by atoms with E-state index >= 15 is 0 Å². The van der Waals surface area contributed by atoms with E-state index in [1.807, 2.05) is 18.2 Å². The van der Waals surface area contributed by atoms with Crippen molar-refractivity contribution >= 4 is 23.6 Å². The molecular weight excluding hydrogens is 274 g/mol. The molecule has 1 saturated heterocycles. The maximum Gasteiger partial charge on any atom is 0.308 e. The number of hydrogen-bond acceptors (Lipinski definition) is 3. The summed E-state index contributed by atoms with van der Waals surface area (Å²) in [5.41, 5.74) is 2.35. The minimum Gasteiger partial charge on any atom is -0.481 e. The predicted molar refractivity (Wildman–Crippen MR) is 77.7 cm³/mol. The van der Waals surface area contributed by atoms with Gasteiger partial charge in [-0.2, -0.15) is 0 Å². The summed E-state index contributed by atoms with van der Waals surface area (Å²) in [5.74, 6) is -0.172. The molecule has 1 N–H and O–H groups in total. The Bertz CT molecular complexity index is 546. The van der Waals surface area contributed by atoms with Gasteiger partial charge >= 0.3 is 5.97 Å². The number of rotatable bonds is 2. The molecule has 20 heavy (non-hydrogen) atoms. The molecule has 3 rings (SSSR count). The number of carboxylic acid groups (broad SMARTS) is 1. The molecule has 0 aromatic heterocycles. The van der Waals surface area contributed by atoms with Gasteiger partial charge in [0.15, 0.2) is 0 Å². The van der Waals surface area contributed by atoms with Gasteiger partial charge in [0.05, 0.1) is 5.92 Å². The second-order valence-corrected chi connectivity index (χ2v) is 6.52. The predicted octanol–water partition coefficient (Wildman–Crippen LogP) is 1.95. The average Bonchev–Trinajstić information content (AvgIpc) is 2.96. The van der Waals surface area contributed by atoms with Crippen LogP contribution in [0.1, 0.15) is 22.8 Å². The van der Waals surface area contributed by atoms with E-state index in [4.69, 9.17) is 5.11 Å². The summed E-state index contributed by atoms with van der Waals surface area (Å²) in [6.45, 7) is 0.919. The first-order valence-electron chi connectivity index (χ1n) is 6.88. The van der Waals surface area contributed by atoms with E-state index in [-0.39, 0.29) is 11.2 Å². The van der Waals surface area contributed by atoms with Crippen LogP contribution in [0.3, 0.4) is 0 Å². The van der Waals surface area contributed by atoms with Crippen LogP contribution in [0, 0.1) is 5.92 Å². The minimum atomic E-state index is -0.794. The standard InChI is InChI=1S/C15H17NO3S/c17-14(16-7-5-11(9-16)15(18)19)13-12-4-2-1-3-10(12)6-8-20-13/h1-4,11,13H,5-9H2,(H,18,19)/t11-,13-/m1/s1. The fourth-order valence-electron chi connectivity index (χ4n) is 2.93. The highest BCUT2D eigenvalue weighted by Gasteiger charge is 2.36. The molecule has 2 heterocycles. The lowest BCUT2D eigenvalue weighted by Crippen LogP contribution is -2.34. The zero-order valence-corrected chi connectivity index (χ0v) is 11.9. The monoisotopic (exact) mass is 291 g/mol. The first kappa shape index (κ1) is 13.5. The molecule has 1 aromatic rings. The summed E-state index contributed by atoms with van der Waals surface area (Å²) in [4.78, 5) is 25.4. The molecule has 0 spiro atoms. The maximum absolute atomic E-state index is 12.6. The molecule has 5 heteroatoms. The lowest BCUT2D eigenvalue weighted by molar-refractivity contribution is -0.141. The highest BCUT2D eigenvalue weighted by Crippen LogP contribution is 2.38. The van der Waals surface area contributed by atoms with Crippen LogP contribution in [0.2, 0.25) is 0 Å². The van der Waals surface area contributed by atoms with E-state index in [0.29, 0.717) is 19.5 Å². The SMILES string of the molecule is O=C(O)[C@@H]1CCN(C(=O)[C@@H]2SCCc3ccccc32)C1. The topological polar surface area (TPSA) is 57.6 Å². The van der Waals surface area contributed by atoms with Gasteiger partial charge in [0.2, 0.25) is 5.91 Å². The summed E-state index contributed by atoms with van der Waals surface area (Å²) >= 11 is 1.67. The molecule has 0 bridgehead atoms. The van der Waals surface area contributed by atoms with Crippen molar-refractivity contribution < 1.29 is 14.7 Å². The van der Waals surface area contributed by atoms with Gasteiger partial charge in [-0.25, -0.2) is 0 Å². The smallest absolute Gasteiger partial charge is 0.308 e. The zero-order chi connectivity index (χ0) is 14.1. The third-order valence-corrected chi connectivity index (χ3v) is 5.30. The number of carbonyl (C=O) groups excluding carboxylic acids is 1. The van der Waals surface area contributed by atoms with Crippen molar-refractivity contribution in [2.24, 2.45) is 5.92 Å². The van der Waals surface area contributed by atoms with E-state index < -0.39 is 11.9 Å². The van der Waals surface area contributed by atoms with Crippen LogP contribution in [-0.4, -0.2) is 40.7 Å². The molecule has 0 saturated carbocycles. The molecule has 106 valence electrons. The van der Waals surface area contributed by atoms with Gasteiger partial charge in [0, 0.05) is 13.1 Å². The Morgan fingerprint density at radius 1 is 1.30 bits per heavy atom. The number of aryl methyl sites for hydroxylation is 1. The third-order valence-electron chi connectivity index (χ3n) is 4.07. The summed E-state index contributed by atoms with van der Waals surface area (Å²) < 4.78 is 0. The number of fused-ring (bicyclic) bond motifs is 1. The number of carboxylic acids is 1. The van der Waals surface area contributed by atoms with Crippen molar-refractivity contribution in [1.82, 2.24) is 4.90 Å². The van der Waals surface area contributed by atoms with Gasteiger partial charge in [-0.3, -0.25) is 9.59 Å². The summed E-state index contributed by atoms with van der Waals surface area (Å²) in [7, 11) is 0. The summed E-state index contributed by atoms with van der Waals surface area (Å²) in [5, 5.41) is 8.88. The molecule has 1 fully saturated rings. The lowest BCUT2D eigenvalue weighted by Gasteiger charge is -2.28. The number of aliphatic carboxylic acids is 1. The van der Waals surface area contributed by atoms with E-state index in [2.05, 4.69) is 6.07 Å². The van der Waals surface area contributed by atoms with Crippen molar-refractivity contribution in [3.05, 3.63) is 35.4 Å². The minimum absolute atomic E-state index is 0.0749. The Morgan fingerprint density at radius 3 is 2.85 bits per heavy atom. The van der Waals surface area contributed by atoms with Crippen molar-refractivity contribution in [3.63, 3.8) is 0 Å². The van der Waals surface area contributed by atoms with Crippen LogP contribution in [0.4, 0.5) is 0 Å². The summed E-state index contributed by atoms with van der Waals surface area (Å²) in [6, 6.07) is 8.08. The second-order valence-electron chi connectivity index (χ2n) is 5.31. The van der Waals surface area contributed by atoms with Crippen molar-refractivity contribution in [2.75, 3.05) is 18.8 Å². The highest BCUT2D eigenvalue weighted by atomic mass is 32.2. The van der Waals surface area contributed by atoms with Gasteiger partial charge in [0.1, 0.15) is 5.25 Å². The number of likely N-dealkylation sites (tertiary alicyclic amines) is 1. The van der Waals surface area contributed by atoms with E-state index in [0.717, 1.165) is 17.7 Å². The molecule has 0 aliphatic carbocycles. The molecular formula is C15H17NO3S. The molecule has 4 nitrogen and oxygen atoms in total. The van der Waals surface area contributed by atoms with Gasteiger partial charge in [-0.15, -0.1) is 11.8 Å². The van der Waals surface area contributed by atoms with Crippen molar-refractivity contribution in [3.8, 4) is 0 Å². The van der Waals surface area contributed by atoms with Gasteiger partial charge in [-0.05, 0) is 29.7 Å². The highest BCUT2D eigenvalue weighted by molar-refractivity contribution is 8.00. The number of hydrogen-bond donors (Lipinski definition) is 1. The number of nitrogens with zero attached hydrogens (tertiary/aromatic N) is 1. The Kier molecular flexibility index (Phi) is 3.70. The molecule has 0 radical (unpaired) electrons. The largest absolute Gasteiger partial charge is 0.481 e. The third kappa shape index (κ3) is 2.42. The molecule has 2 aliphatic heterocycles. The number of benzene rings is 1. The van der Waals surface area contributed by atoms with E-state index in [1.54, 1.807) is 16.7 Å². The molecule has 1 aromatic carbocycles. The number of amides is 1. The Labute approximate surface area is 122 Å². The van der Waals surface area contributed by atoms with Gasteiger partial charge in [0.25, 0.3) is 0 Å². The maximum atomic E-state index is 12.6. The van der Waals surface area contributed by atoms with Crippen LogP contribution < -0.4 is 0 Å². The number of thioether (sulfide) groups is 1. The second kappa shape index (κ2) is 5.48. The molecule has 2 atom stereocenters. The first-order chi connectivity index (χ1) is 9.66. The average molecular weight is 291 g/mol. The normalized spacial score (nSPS) is 25.3. The van der Waals surface area contributed by atoms with Gasteiger partial charge in [-0.1, -0.05) is 24.3 Å². The van der Waals surface area contributed by atoms with Crippen molar-refractivity contribution in [2.45, 2.75) is 18.1 Å². The quantitative estimate of drug-likeness (QED) is 0.905.